The van der Waals surface area contributed by atoms with E-state index >= 15 is 0 Å². The molecule has 0 atom stereocenters. The number of hydrogen-bond acceptors (Lipinski definition) is 5. The minimum absolute atomic E-state index is 0.0504. The first kappa shape index (κ1) is 12.6. The van der Waals surface area contributed by atoms with Gasteiger partial charge in [0.05, 0.1) is 4.92 Å². The van der Waals surface area contributed by atoms with E-state index in [1.165, 1.54) is 6.07 Å². The zero-order valence-electron chi connectivity index (χ0n) is 10.6. The lowest BCUT2D eigenvalue weighted by molar-refractivity contribution is -0.386. The van der Waals surface area contributed by atoms with Crippen LogP contribution in [0.3, 0.4) is 0 Å². The summed E-state index contributed by atoms with van der Waals surface area (Å²) in [6.07, 6.45) is 0. The lowest BCUT2D eigenvalue weighted by Crippen LogP contribution is -2.33. The molecule has 98 valence electrons. The van der Waals surface area contributed by atoms with Crippen molar-refractivity contribution >= 4 is 5.69 Å². The highest BCUT2D eigenvalue weighted by molar-refractivity contribution is 5.59. The van der Waals surface area contributed by atoms with Crippen LogP contribution in [0.4, 0.5) is 5.69 Å². The van der Waals surface area contributed by atoms with Crippen LogP contribution in [0, 0.1) is 10.1 Å². The highest BCUT2D eigenvalue weighted by Gasteiger charge is 2.29. The van der Waals surface area contributed by atoms with E-state index in [2.05, 4.69) is 5.32 Å². The topological polar surface area (TPSA) is 73.6 Å². The Morgan fingerprint density at radius 3 is 2.61 bits per heavy atom. The number of fused-ring (bicyclic) bond motifs is 1. The Kier molecular flexibility index (Phi) is 3.13. The molecular weight excluding hydrogens is 236 g/mol. The number of nitrogens with one attached hydrogen (secondary N) is 1. The van der Waals surface area contributed by atoms with Crippen molar-refractivity contribution < 1.29 is 14.4 Å². The first-order valence-electron chi connectivity index (χ1n) is 5.73. The fourth-order valence-electron chi connectivity index (χ4n) is 1.78. The van der Waals surface area contributed by atoms with Crippen LogP contribution in [0.1, 0.15) is 19.4 Å². The van der Waals surface area contributed by atoms with E-state index in [0.717, 1.165) is 5.56 Å². The second kappa shape index (κ2) is 4.45. The number of ether oxygens (including phenoxy) is 2. The second-order valence-corrected chi connectivity index (χ2v) is 4.65. The Balaban J connectivity index is 2.58. The molecule has 0 radical (unpaired) electrons. The predicted molar refractivity (Wildman–Crippen MR) is 66.2 cm³/mol. The van der Waals surface area contributed by atoms with Crippen LogP contribution in [-0.2, 0) is 5.54 Å². The van der Waals surface area contributed by atoms with Gasteiger partial charge < -0.3 is 14.8 Å². The number of rotatable bonds is 3. The van der Waals surface area contributed by atoms with E-state index in [1.807, 2.05) is 20.9 Å². The fraction of sp³-hybridized carbons (Fsp3) is 0.500. The van der Waals surface area contributed by atoms with Gasteiger partial charge in [-0.05, 0) is 32.5 Å². The van der Waals surface area contributed by atoms with Crippen LogP contribution in [0.15, 0.2) is 12.1 Å². The van der Waals surface area contributed by atoms with Gasteiger partial charge in [0.1, 0.15) is 13.2 Å². The normalized spacial score (nSPS) is 14.4. The molecule has 0 aliphatic carbocycles. The van der Waals surface area contributed by atoms with Gasteiger partial charge >= 0.3 is 5.69 Å². The van der Waals surface area contributed by atoms with Gasteiger partial charge in [-0.1, -0.05) is 0 Å². The summed E-state index contributed by atoms with van der Waals surface area (Å²) in [6.45, 7) is 4.64. The maximum absolute atomic E-state index is 11.1. The van der Waals surface area contributed by atoms with Crippen molar-refractivity contribution in [3.63, 3.8) is 0 Å². The minimum Gasteiger partial charge on any atom is -0.486 e. The van der Waals surface area contributed by atoms with Crippen LogP contribution in [-0.4, -0.2) is 25.2 Å². The lowest BCUT2D eigenvalue weighted by Gasteiger charge is -2.27. The van der Waals surface area contributed by atoms with E-state index in [0.29, 0.717) is 19.0 Å². The zero-order valence-corrected chi connectivity index (χ0v) is 10.6. The third-order valence-corrected chi connectivity index (χ3v) is 3.17. The summed E-state index contributed by atoms with van der Waals surface area (Å²) in [7, 11) is 1.81. The Bertz CT molecular complexity index is 485. The molecule has 0 saturated heterocycles. The summed E-state index contributed by atoms with van der Waals surface area (Å²) in [6, 6.07) is 3.32. The molecule has 1 aromatic carbocycles. The molecule has 0 spiro atoms. The summed E-state index contributed by atoms with van der Waals surface area (Å²) in [5.41, 5.74) is 0.368. The van der Waals surface area contributed by atoms with Crippen LogP contribution < -0.4 is 14.8 Å². The quantitative estimate of drug-likeness (QED) is 0.656. The average Bonchev–Trinajstić information content (AvgIpc) is 2.37. The molecule has 2 rings (SSSR count). The monoisotopic (exact) mass is 252 g/mol. The first-order chi connectivity index (χ1) is 8.45. The number of nitro groups is 1. The molecular formula is C12H16N2O4. The SMILES string of the molecule is CNC(C)(C)c1cc2c(c([N+](=O)[O-])c1)OCCO2. The Morgan fingerprint density at radius 2 is 2.00 bits per heavy atom. The van der Waals surface area contributed by atoms with Crippen LogP contribution >= 0.6 is 0 Å². The van der Waals surface area contributed by atoms with Crippen molar-refractivity contribution in [1.29, 1.82) is 0 Å². The van der Waals surface area contributed by atoms with Crippen molar-refractivity contribution in [2.45, 2.75) is 19.4 Å². The predicted octanol–water partition coefficient (Wildman–Crippen LogP) is 1.82. The molecule has 0 aromatic heterocycles. The lowest BCUT2D eigenvalue weighted by atomic mass is 9.93. The van der Waals surface area contributed by atoms with Crippen molar-refractivity contribution in [3.8, 4) is 11.5 Å². The fourth-order valence-corrected chi connectivity index (χ4v) is 1.78. The van der Waals surface area contributed by atoms with Gasteiger partial charge in [-0.25, -0.2) is 0 Å². The second-order valence-electron chi connectivity index (χ2n) is 4.65. The summed E-state index contributed by atoms with van der Waals surface area (Å²) in [5, 5.41) is 14.2. The molecule has 1 heterocycles. The molecule has 1 aromatic rings. The molecule has 0 saturated carbocycles. The molecule has 0 amide bonds. The number of benzene rings is 1. The summed E-state index contributed by atoms with van der Waals surface area (Å²) in [5.74, 6) is 0.663. The van der Waals surface area contributed by atoms with Crippen molar-refractivity contribution in [3.05, 3.63) is 27.8 Å². The van der Waals surface area contributed by atoms with Gasteiger partial charge in [-0.2, -0.15) is 0 Å². The van der Waals surface area contributed by atoms with E-state index < -0.39 is 4.92 Å². The standard InChI is InChI=1S/C12H16N2O4/c1-12(2,13-3)8-6-9(14(15)16)11-10(7-8)17-4-5-18-11/h6-7,13H,4-5H2,1-3H3. The molecule has 0 fully saturated rings. The third kappa shape index (κ3) is 2.11. The molecule has 0 bridgehead atoms. The molecule has 18 heavy (non-hydrogen) atoms. The van der Waals surface area contributed by atoms with E-state index in [-0.39, 0.29) is 17.0 Å². The van der Waals surface area contributed by atoms with Crippen molar-refractivity contribution in [2.24, 2.45) is 0 Å². The van der Waals surface area contributed by atoms with Crippen LogP contribution in [0.5, 0.6) is 11.5 Å². The molecule has 1 aliphatic heterocycles. The number of hydrogen-bond donors (Lipinski definition) is 1. The highest BCUT2D eigenvalue weighted by Crippen LogP contribution is 2.42. The van der Waals surface area contributed by atoms with Gasteiger partial charge in [0.2, 0.25) is 5.75 Å². The van der Waals surface area contributed by atoms with Gasteiger partial charge in [-0.15, -0.1) is 0 Å². The van der Waals surface area contributed by atoms with E-state index in [9.17, 15) is 10.1 Å². The molecule has 1 N–H and O–H groups in total. The average molecular weight is 252 g/mol. The van der Waals surface area contributed by atoms with Crippen molar-refractivity contribution in [1.82, 2.24) is 5.32 Å². The Labute approximate surface area is 105 Å². The summed E-state index contributed by atoms with van der Waals surface area (Å²) in [4.78, 5) is 10.6. The molecule has 0 unspecified atom stereocenters. The third-order valence-electron chi connectivity index (χ3n) is 3.17. The van der Waals surface area contributed by atoms with Gasteiger partial charge in [0, 0.05) is 11.6 Å². The molecule has 6 nitrogen and oxygen atoms in total. The number of nitro benzene ring substituents is 1. The van der Waals surface area contributed by atoms with E-state index in [1.54, 1.807) is 6.07 Å². The first-order valence-corrected chi connectivity index (χ1v) is 5.73. The summed E-state index contributed by atoms with van der Waals surface area (Å²) < 4.78 is 10.8. The van der Waals surface area contributed by atoms with Crippen LogP contribution in [0.2, 0.25) is 0 Å². The zero-order chi connectivity index (χ0) is 13.3. The minimum atomic E-state index is -0.442. The van der Waals surface area contributed by atoms with Gasteiger partial charge in [-0.3, -0.25) is 10.1 Å². The van der Waals surface area contributed by atoms with E-state index in [4.69, 9.17) is 9.47 Å². The maximum Gasteiger partial charge on any atom is 0.315 e. The number of nitrogens with zero attached hydrogens (tertiary/aromatic N) is 1. The highest BCUT2D eigenvalue weighted by atomic mass is 16.6. The Hall–Kier alpha value is -1.82. The molecule has 1 aliphatic rings. The van der Waals surface area contributed by atoms with Gasteiger partial charge in [0.15, 0.2) is 5.75 Å². The van der Waals surface area contributed by atoms with Crippen LogP contribution in [0.25, 0.3) is 0 Å². The summed E-state index contributed by atoms with van der Waals surface area (Å²) >= 11 is 0. The maximum atomic E-state index is 11.1. The smallest absolute Gasteiger partial charge is 0.315 e. The largest absolute Gasteiger partial charge is 0.486 e. The molecule has 6 heteroatoms. The Morgan fingerprint density at radius 1 is 1.33 bits per heavy atom. The van der Waals surface area contributed by atoms with Gasteiger partial charge in [0.25, 0.3) is 0 Å². The van der Waals surface area contributed by atoms with Crippen molar-refractivity contribution in [2.75, 3.05) is 20.3 Å².